The number of ether oxygens (including phenoxy) is 1. The Morgan fingerprint density at radius 3 is 2.74 bits per heavy atom. The number of morpholine rings is 1. The molecule has 0 aliphatic carbocycles. The number of benzene rings is 1. The van der Waals surface area contributed by atoms with Crippen molar-refractivity contribution in [3.8, 4) is 0 Å². The van der Waals surface area contributed by atoms with Crippen molar-refractivity contribution in [2.75, 3.05) is 26.3 Å². The highest BCUT2D eigenvalue weighted by Gasteiger charge is 2.30. The van der Waals surface area contributed by atoms with Crippen molar-refractivity contribution >= 4 is 21.8 Å². The maximum atomic E-state index is 12.3. The summed E-state index contributed by atoms with van der Waals surface area (Å²) < 4.78 is 6.16. The SMILES string of the molecule is [C-]#[N+]C(Cc1ccccc1Br)C(=O)N1CCOCC1. The summed E-state index contributed by atoms with van der Waals surface area (Å²) in [5.41, 5.74) is 0.991. The van der Waals surface area contributed by atoms with Crippen LogP contribution in [0.5, 0.6) is 0 Å². The third-order valence-electron chi connectivity index (χ3n) is 3.13. The van der Waals surface area contributed by atoms with E-state index in [0.717, 1.165) is 10.0 Å². The second-order valence-electron chi connectivity index (χ2n) is 4.38. The number of hydrogen-bond donors (Lipinski definition) is 0. The number of rotatable bonds is 3. The Hall–Kier alpha value is -1.38. The first kappa shape index (κ1) is 14.0. The van der Waals surface area contributed by atoms with Crippen molar-refractivity contribution in [1.82, 2.24) is 4.90 Å². The molecule has 1 aliphatic heterocycles. The van der Waals surface area contributed by atoms with Crippen molar-refractivity contribution in [3.63, 3.8) is 0 Å². The molecule has 1 atom stereocenters. The fraction of sp³-hybridized carbons (Fsp3) is 0.429. The molecule has 0 radical (unpaired) electrons. The molecule has 1 amide bonds. The Balaban J connectivity index is 2.06. The molecule has 1 aliphatic rings. The van der Waals surface area contributed by atoms with E-state index in [1.54, 1.807) is 4.90 Å². The minimum absolute atomic E-state index is 0.0888. The summed E-state index contributed by atoms with van der Waals surface area (Å²) in [7, 11) is 0. The van der Waals surface area contributed by atoms with Gasteiger partial charge in [0.25, 0.3) is 0 Å². The Morgan fingerprint density at radius 2 is 2.11 bits per heavy atom. The van der Waals surface area contributed by atoms with E-state index in [1.807, 2.05) is 24.3 Å². The Bertz CT molecular complexity index is 492. The fourth-order valence-corrected chi connectivity index (χ4v) is 2.50. The third kappa shape index (κ3) is 3.55. The molecule has 4 nitrogen and oxygen atoms in total. The van der Waals surface area contributed by atoms with Gasteiger partial charge in [-0.05, 0) is 11.6 Å². The highest BCUT2D eigenvalue weighted by molar-refractivity contribution is 9.10. The van der Waals surface area contributed by atoms with Crippen LogP contribution >= 0.6 is 15.9 Å². The standard InChI is InChI=1S/C14H15BrN2O2/c1-16-13(10-11-4-2-3-5-12(11)15)14(18)17-6-8-19-9-7-17/h2-5,13H,6-10H2. The summed E-state index contributed by atoms with van der Waals surface area (Å²) in [4.78, 5) is 17.5. The van der Waals surface area contributed by atoms with Gasteiger partial charge in [-0.1, -0.05) is 34.1 Å². The Labute approximate surface area is 121 Å². The molecule has 1 unspecified atom stereocenters. The first-order valence-electron chi connectivity index (χ1n) is 6.19. The number of halogens is 1. The Morgan fingerprint density at radius 1 is 1.42 bits per heavy atom. The highest BCUT2D eigenvalue weighted by atomic mass is 79.9. The second kappa shape index (κ2) is 6.69. The third-order valence-corrected chi connectivity index (χ3v) is 3.91. The predicted octanol–water partition coefficient (Wildman–Crippen LogP) is 2.14. The van der Waals surface area contributed by atoms with Crippen LogP contribution in [0.15, 0.2) is 28.7 Å². The molecular formula is C14H15BrN2O2. The maximum absolute atomic E-state index is 12.3. The van der Waals surface area contributed by atoms with E-state index in [1.165, 1.54) is 0 Å². The summed E-state index contributed by atoms with van der Waals surface area (Å²) in [6.45, 7) is 9.55. The van der Waals surface area contributed by atoms with Crippen molar-refractivity contribution < 1.29 is 9.53 Å². The second-order valence-corrected chi connectivity index (χ2v) is 5.23. The summed E-state index contributed by atoms with van der Waals surface area (Å²) in [5.74, 6) is -0.0888. The normalized spacial score (nSPS) is 16.7. The lowest BCUT2D eigenvalue weighted by Crippen LogP contribution is -2.45. The fourth-order valence-electron chi connectivity index (χ4n) is 2.05. The van der Waals surface area contributed by atoms with Crippen LogP contribution in [0.3, 0.4) is 0 Å². The number of hydrogen-bond acceptors (Lipinski definition) is 2. The predicted molar refractivity (Wildman–Crippen MR) is 75.6 cm³/mol. The van der Waals surface area contributed by atoms with Gasteiger partial charge >= 0.3 is 11.9 Å². The molecule has 1 fully saturated rings. The van der Waals surface area contributed by atoms with Gasteiger partial charge < -0.3 is 14.5 Å². The van der Waals surface area contributed by atoms with Gasteiger partial charge in [0.05, 0.1) is 19.6 Å². The monoisotopic (exact) mass is 322 g/mol. The number of amides is 1. The zero-order valence-corrected chi connectivity index (χ0v) is 12.1. The van der Waals surface area contributed by atoms with Gasteiger partial charge in [-0.3, -0.25) is 4.79 Å². The summed E-state index contributed by atoms with van der Waals surface area (Å²) in [5, 5.41) is 0. The van der Waals surface area contributed by atoms with E-state index >= 15 is 0 Å². The molecule has 0 aromatic heterocycles. The molecule has 1 aromatic carbocycles. The van der Waals surface area contributed by atoms with Gasteiger partial charge in [-0.2, -0.15) is 0 Å². The smallest absolute Gasteiger partial charge is 0.306 e. The zero-order valence-electron chi connectivity index (χ0n) is 10.5. The van der Waals surface area contributed by atoms with E-state index in [0.29, 0.717) is 32.7 Å². The van der Waals surface area contributed by atoms with Crippen molar-refractivity contribution in [1.29, 1.82) is 0 Å². The van der Waals surface area contributed by atoms with Gasteiger partial charge in [0.15, 0.2) is 0 Å². The summed E-state index contributed by atoms with van der Waals surface area (Å²) in [6, 6.07) is 7.06. The van der Waals surface area contributed by atoms with Crippen LogP contribution in [0.25, 0.3) is 4.85 Å². The number of carbonyl (C=O) groups excluding carboxylic acids is 1. The molecule has 5 heteroatoms. The van der Waals surface area contributed by atoms with Crippen LogP contribution in [-0.4, -0.2) is 43.2 Å². The number of nitrogens with zero attached hydrogens (tertiary/aromatic N) is 2. The highest BCUT2D eigenvalue weighted by Crippen LogP contribution is 2.19. The molecule has 1 aromatic rings. The van der Waals surface area contributed by atoms with Crippen LogP contribution in [0, 0.1) is 6.57 Å². The molecule has 100 valence electrons. The average molecular weight is 323 g/mol. The molecule has 1 saturated heterocycles. The van der Waals surface area contributed by atoms with Crippen molar-refractivity contribution in [3.05, 3.63) is 45.7 Å². The van der Waals surface area contributed by atoms with Crippen LogP contribution < -0.4 is 0 Å². The van der Waals surface area contributed by atoms with Crippen molar-refractivity contribution in [2.45, 2.75) is 12.5 Å². The molecular weight excluding hydrogens is 308 g/mol. The van der Waals surface area contributed by atoms with Crippen molar-refractivity contribution in [2.24, 2.45) is 0 Å². The lowest BCUT2D eigenvalue weighted by Gasteiger charge is -2.27. The van der Waals surface area contributed by atoms with E-state index in [9.17, 15) is 4.79 Å². The van der Waals surface area contributed by atoms with Gasteiger partial charge in [0.1, 0.15) is 0 Å². The summed E-state index contributed by atoms with van der Waals surface area (Å²) in [6.07, 6.45) is 0.446. The minimum Gasteiger partial charge on any atom is -0.378 e. The average Bonchev–Trinajstić information content (AvgIpc) is 2.47. The first-order chi connectivity index (χ1) is 9.22. The molecule has 2 rings (SSSR count). The van der Waals surface area contributed by atoms with E-state index < -0.39 is 6.04 Å². The molecule has 0 spiro atoms. The largest absolute Gasteiger partial charge is 0.378 e. The molecule has 0 N–H and O–H groups in total. The van der Waals surface area contributed by atoms with Crippen LogP contribution in [-0.2, 0) is 16.0 Å². The maximum Gasteiger partial charge on any atom is 0.306 e. The minimum atomic E-state index is -0.642. The van der Waals surface area contributed by atoms with Crippen LogP contribution in [0.2, 0.25) is 0 Å². The topological polar surface area (TPSA) is 33.9 Å². The van der Waals surface area contributed by atoms with Gasteiger partial charge in [-0.25, -0.2) is 6.57 Å². The van der Waals surface area contributed by atoms with Gasteiger partial charge in [0.2, 0.25) is 0 Å². The first-order valence-corrected chi connectivity index (χ1v) is 6.98. The lowest BCUT2D eigenvalue weighted by molar-refractivity contribution is -0.135. The molecule has 0 bridgehead atoms. The van der Waals surface area contributed by atoms with Crippen LogP contribution in [0.1, 0.15) is 5.56 Å². The zero-order chi connectivity index (χ0) is 13.7. The van der Waals surface area contributed by atoms with E-state index in [-0.39, 0.29) is 5.91 Å². The van der Waals surface area contributed by atoms with Crippen LogP contribution in [0.4, 0.5) is 0 Å². The molecule has 1 heterocycles. The summed E-state index contributed by atoms with van der Waals surface area (Å²) >= 11 is 3.45. The van der Waals surface area contributed by atoms with Gasteiger partial charge in [-0.15, -0.1) is 0 Å². The lowest BCUT2D eigenvalue weighted by atomic mass is 10.1. The quantitative estimate of drug-likeness (QED) is 0.799. The molecule has 0 saturated carbocycles. The van der Waals surface area contributed by atoms with E-state index in [2.05, 4.69) is 20.8 Å². The molecule has 19 heavy (non-hydrogen) atoms. The Kier molecular flexibility index (Phi) is 4.94. The number of carbonyl (C=O) groups is 1. The van der Waals surface area contributed by atoms with Gasteiger partial charge in [0, 0.05) is 17.6 Å². The van der Waals surface area contributed by atoms with E-state index in [4.69, 9.17) is 11.3 Å².